The Morgan fingerprint density at radius 2 is 2.00 bits per heavy atom. The third kappa shape index (κ3) is 5.99. The molecule has 29 heavy (non-hydrogen) atoms. The molecular formula is C20H30N2O6S. The number of carbonyl (C=O) groups excluding carboxylic acids is 1. The molecule has 0 spiro atoms. The van der Waals surface area contributed by atoms with Crippen LogP contribution in [0.1, 0.15) is 37.7 Å². The summed E-state index contributed by atoms with van der Waals surface area (Å²) in [5, 5.41) is 14.5. The monoisotopic (exact) mass is 426 g/mol. The first-order valence-electron chi connectivity index (χ1n) is 10.0. The molecule has 0 bridgehead atoms. The van der Waals surface area contributed by atoms with E-state index in [9.17, 15) is 18.3 Å². The summed E-state index contributed by atoms with van der Waals surface area (Å²) in [5.41, 5.74) is -0.305. The summed E-state index contributed by atoms with van der Waals surface area (Å²) in [4.78, 5) is 10.6. The molecule has 2 fully saturated rings. The van der Waals surface area contributed by atoms with Crippen molar-refractivity contribution in [2.75, 3.05) is 26.0 Å². The van der Waals surface area contributed by atoms with Gasteiger partial charge < -0.3 is 19.9 Å². The van der Waals surface area contributed by atoms with E-state index in [0.717, 1.165) is 13.0 Å². The fraction of sp³-hybridized carbons (Fsp3) is 0.650. The molecule has 0 radical (unpaired) electrons. The normalized spacial score (nSPS) is 30.2. The van der Waals surface area contributed by atoms with Crippen molar-refractivity contribution in [2.24, 2.45) is 0 Å². The highest BCUT2D eigenvalue weighted by atomic mass is 32.2. The lowest BCUT2D eigenvalue weighted by Gasteiger charge is -2.37. The van der Waals surface area contributed by atoms with Gasteiger partial charge in [0.1, 0.15) is 12.4 Å². The maximum Gasteiger partial charge on any atom is 0.209 e. The second-order valence-electron chi connectivity index (χ2n) is 7.88. The summed E-state index contributed by atoms with van der Waals surface area (Å²) in [6, 6.07) is 7.06. The van der Waals surface area contributed by atoms with Crippen LogP contribution in [0.5, 0.6) is 5.75 Å². The quantitative estimate of drug-likeness (QED) is 0.498. The van der Waals surface area contributed by atoms with Crippen molar-refractivity contribution in [3.63, 3.8) is 0 Å². The summed E-state index contributed by atoms with van der Waals surface area (Å²) in [6.45, 7) is 1.13. The lowest BCUT2D eigenvalue weighted by molar-refractivity contribution is -0.109. The molecule has 3 N–H and O–H groups in total. The molecule has 1 saturated carbocycles. The van der Waals surface area contributed by atoms with Crippen LogP contribution in [0.15, 0.2) is 24.3 Å². The average molecular weight is 427 g/mol. The fourth-order valence-electron chi connectivity index (χ4n) is 4.20. The number of hydrogen-bond donors (Lipinski definition) is 3. The Bertz CT molecular complexity index is 792. The van der Waals surface area contributed by atoms with Gasteiger partial charge in [-0.3, -0.25) is 4.79 Å². The maximum atomic E-state index is 11.5. The summed E-state index contributed by atoms with van der Waals surface area (Å²) >= 11 is 0. The fourth-order valence-corrected chi connectivity index (χ4v) is 5.04. The van der Waals surface area contributed by atoms with Gasteiger partial charge in [0.25, 0.3) is 0 Å². The Labute approximate surface area is 172 Å². The zero-order chi connectivity index (χ0) is 20.9. The molecular weight excluding hydrogens is 396 g/mol. The molecule has 1 aliphatic carbocycles. The number of carbonyl (C=O) groups is 1. The smallest absolute Gasteiger partial charge is 0.209 e. The van der Waals surface area contributed by atoms with Crippen LogP contribution in [0.25, 0.3) is 0 Å². The molecule has 9 heteroatoms. The van der Waals surface area contributed by atoms with Crippen molar-refractivity contribution >= 4 is 16.3 Å². The van der Waals surface area contributed by atoms with Gasteiger partial charge in [0.2, 0.25) is 10.0 Å². The van der Waals surface area contributed by atoms with Crippen LogP contribution < -0.4 is 14.8 Å². The third-order valence-electron chi connectivity index (χ3n) is 5.68. The third-order valence-corrected chi connectivity index (χ3v) is 6.41. The summed E-state index contributed by atoms with van der Waals surface area (Å²) in [5.74, 6) is 0.534. The Morgan fingerprint density at radius 3 is 2.69 bits per heavy atom. The van der Waals surface area contributed by atoms with Crippen LogP contribution in [-0.4, -0.2) is 64.0 Å². The van der Waals surface area contributed by atoms with Crippen LogP contribution in [0.3, 0.4) is 0 Å². The Balaban J connectivity index is 1.53. The number of aldehydes is 1. The van der Waals surface area contributed by atoms with Crippen molar-refractivity contribution < 1.29 is 27.8 Å². The number of nitrogens with one attached hydrogen (secondary N) is 2. The van der Waals surface area contributed by atoms with Gasteiger partial charge in [-0.2, -0.15) is 0 Å². The highest BCUT2D eigenvalue weighted by molar-refractivity contribution is 7.88. The lowest BCUT2D eigenvalue weighted by atomic mass is 9.78. The first kappa shape index (κ1) is 22.2. The molecule has 3 rings (SSSR count). The highest BCUT2D eigenvalue weighted by Gasteiger charge is 2.38. The number of ether oxygens (including phenoxy) is 2. The molecule has 1 aliphatic heterocycles. The van der Waals surface area contributed by atoms with Crippen LogP contribution in [0.4, 0.5) is 0 Å². The van der Waals surface area contributed by atoms with Crippen molar-refractivity contribution in [3.8, 4) is 5.75 Å². The highest BCUT2D eigenvalue weighted by Crippen LogP contribution is 2.41. The number of benzene rings is 1. The first-order chi connectivity index (χ1) is 13.8. The van der Waals surface area contributed by atoms with E-state index < -0.39 is 15.6 Å². The molecule has 0 amide bonds. The van der Waals surface area contributed by atoms with Gasteiger partial charge in [0.15, 0.2) is 6.29 Å². The molecule has 8 nitrogen and oxygen atoms in total. The van der Waals surface area contributed by atoms with Gasteiger partial charge in [-0.1, -0.05) is 18.2 Å². The molecule has 1 heterocycles. The van der Waals surface area contributed by atoms with Crippen molar-refractivity contribution in [1.82, 2.24) is 10.0 Å². The first-order valence-corrected chi connectivity index (χ1v) is 11.9. The average Bonchev–Trinajstić information content (AvgIpc) is 3.11. The number of aliphatic hydroxyl groups is 1. The SMILES string of the molecule is CS(=O)(=O)N[C@H]1CCN[C@H]1COC1CCC(O)(c2ccccc2OCC=O)CC1. The van der Waals surface area contributed by atoms with Crippen LogP contribution in [0, 0.1) is 0 Å². The van der Waals surface area contributed by atoms with Crippen LogP contribution >= 0.6 is 0 Å². The van der Waals surface area contributed by atoms with Crippen LogP contribution in [0.2, 0.25) is 0 Å². The van der Waals surface area contributed by atoms with Gasteiger partial charge in [-0.25, -0.2) is 13.1 Å². The minimum Gasteiger partial charge on any atom is -0.486 e. The lowest BCUT2D eigenvalue weighted by Crippen LogP contribution is -2.46. The van der Waals surface area contributed by atoms with Gasteiger partial charge in [0, 0.05) is 17.6 Å². The second-order valence-corrected chi connectivity index (χ2v) is 9.66. The summed E-state index contributed by atoms with van der Waals surface area (Å²) in [6.07, 6.45) is 5.05. The van der Waals surface area contributed by atoms with E-state index in [1.807, 2.05) is 18.2 Å². The molecule has 0 aromatic heterocycles. The Kier molecular flexibility index (Phi) is 7.28. The van der Waals surface area contributed by atoms with E-state index in [4.69, 9.17) is 9.47 Å². The van der Waals surface area contributed by atoms with Gasteiger partial charge in [-0.15, -0.1) is 0 Å². The summed E-state index contributed by atoms with van der Waals surface area (Å²) < 4.78 is 37.2. The topological polar surface area (TPSA) is 114 Å². The van der Waals surface area contributed by atoms with E-state index in [1.54, 1.807) is 6.07 Å². The zero-order valence-electron chi connectivity index (χ0n) is 16.7. The number of para-hydroxylation sites is 1. The zero-order valence-corrected chi connectivity index (χ0v) is 17.5. The van der Waals surface area contributed by atoms with E-state index in [2.05, 4.69) is 10.0 Å². The molecule has 1 saturated heterocycles. The minimum atomic E-state index is -3.25. The maximum absolute atomic E-state index is 11.5. The largest absolute Gasteiger partial charge is 0.486 e. The van der Waals surface area contributed by atoms with E-state index >= 15 is 0 Å². The summed E-state index contributed by atoms with van der Waals surface area (Å²) in [7, 11) is -3.25. The molecule has 0 unspecified atom stereocenters. The van der Waals surface area contributed by atoms with E-state index in [1.165, 1.54) is 6.26 Å². The minimum absolute atomic E-state index is 0.0135. The van der Waals surface area contributed by atoms with E-state index in [0.29, 0.717) is 49.9 Å². The van der Waals surface area contributed by atoms with Gasteiger partial charge in [0.05, 0.1) is 24.6 Å². The Morgan fingerprint density at radius 1 is 1.28 bits per heavy atom. The van der Waals surface area contributed by atoms with E-state index in [-0.39, 0.29) is 24.8 Å². The predicted octanol–water partition coefficient (Wildman–Crippen LogP) is 0.691. The molecule has 162 valence electrons. The molecule has 1 aromatic carbocycles. The van der Waals surface area contributed by atoms with Gasteiger partial charge >= 0.3 is 0 Å². The number of rotatable bonds is 9. The van der Waals surface area contributed by atoms with Crippen molar-refractivity contribution in [2.45, 2.75) is 55.9 Å². The number of sulfonamides is 1. The molecule has 2 atom stereocenters. The van der Waals surface area contributed by atoms with Crippen molar-refractivity contribution in [3.05, 3.63) is 29.8 Å². The van der Waals surface area contributed by atoms with Crippen LogP contribution in [-0.2, 0) is 25.2 Å². The van der Waals surface area contributed by atoms with Crippen molar-refractivity contribution in [1.29, 1.82) is 0 Å². The second kappa shape index (κ2) is 9.53. The predicted molar refractivity (Wildman–Crippen MR) is 108 cm³/mol. The number of hydrogen-bond acceptors (Lipinski definition) is 7. The standard InChI is InChI=1S/C20H30N2O6S/c1-29(25,26)22-17-8-11-21-18(17)14-28-15-6-9-20(24,10-7-15)16-4-2-3-5-19(16)27-13-12-23/h2-5,12,15,17-18,21-22,24H,6-11,13-14H2,1H3/t15?,17-,18-,20?/m0/s1. The van der Waals surface area contributed by atoms with Gasteiger partial charge in [-0.05, 0) is 44.7 Å². The molecule has 2 aliphatic rings. The molecule has 1 aromatic rings. The Hall–Kier alpha value is -1.52.